The molecule has 0 heterocycles. The second-order valence-corrected chi connectivity index (χ2v) is 9.56. The van der Waals surface area contributed by atoms with E-state index in [2.05, 4.69) is 0 Å². The zero-order valence-corrected chi connectivity index (χ0v) is 43.5. The first-order chi connectivity index (χ1) is 22.7. The molecule has 298 valence electrons. The van der Waals surface area contributed by atoms with Gasteiger partial charge in [-0.3, -0.25) is 25.5 Å². The Bertz CT molecular complexity index is 1200. The van der Waals surface area contributed by atoms with Gasteiger partial charge in [0.2, 0.25) is 0 Å². The quantitative estimate of drug-likeness (QED) is 0.0400. The minimum atomic E-state index is -2.91. The predicted octanol–water partition coefficient (Wildman–Crippen LogP) is -29.8. The summed E-state index contributed by atoms with van der Waals surface area (Å²) in [7, 11) is 0. The number of hydrogen-bond acceptors (Lipinski definition) is 22. The SMILES string of the molecule is O=C(O)CC(O)(CC(=O)O)C(=O)O.O=C([O-])CC(O)(CC(=O)O)C(=O)O.O=C([O-])CC(O)(CC(=O)O)C(=O)[O-].O=[C-]CC(O)(CC(=O)[O-])C(=O)[O-].[Na+].[Na+].[Na+].[Na+].[Na+].[Na+].[OH-]. The van der Waals surface area contributed by atoms with Gasteiger partial charge in [-0.05, 0) is 0 Å². The van der Waals surface area contributed by atoms with E-state index in [4.69, 9.17) is 51.1 Å². The molecule has 0 spiro atoms. The third-order valence-corrected chi connectivity index (χ3v) is 5.01. The van der Waals surface area contributed by atoms with E-state index in [1.165, 1.54) is 0 Å². The Labute approximate surface area is 456 Å². The van der Waals surface area contributed by atoms with Crippen molar-refractivity contribution in [3.05, 3.63) is 0 Å². The summed E-state index contributed by atoms with van der Waals surface area (Å²) in [6.45, 7) is 0. The molecular weight excluding hydrogens is 874 g/mol. The average Bonchev–Trinajstić information content (AvgIpc) is 2.86. The minimum Gasteiger partial charge on any atom is -0.870 e. The first-order valence-corrected chi connectivity index (χ1v) is 12.4. The number of rotatable bonds is 20. The van der Waals surface area contributed by atoms with Crippen LogP contribution >= 0.6 is 0 Å². The van der Waals surface area contributed by atoms with Crippen molar-refractivity contribution in [1.29, 1.82) is 0 Å². The molecule has 0 aromatic heterocycles. The van der Waals surface area contributed by atoms with Gasteiger partial charge in [0.15, 0.2) is 11.2 Å². The Hall–Kier alpha value is -0.360. The van der Waals surface area contributed by atoms with Crippen LogP contribution in [0.15, 0.2) is 0 Å². The smallest absolute Gasteiger partial charge is 0.870 e. The summed E-state index contributed by atoms with van der Waals surface area (Å²) in [6.07, 6.45) is -8.35. The van der Waals surface area contributed by atoms with E-state index in [1.807, 2.05) is 0 Å². The summed E-state index contributed by atoms with van der Waals surface area (Å²) >= 11 is 0. The molecule has 0 saturated heterocycles. The molecular formula is C24H27Na6O28-. The second kappa shape index (κ2) is 40.7. The van der Waals surface area contributed by atoms with Crippen LogP contribution in [-0.2, 0) is 57.5 Å². The molecule has 0 amide bonds. The van der Waals surface area contributed by atoms with Gasteiger partial charge in [0.05, 0.1) is 43.2 Å². The van der Waals surface area contributed by atoms with Gasteiger partial charge < -0.3 is 111 Å². The summed E-state index contributed by atoms with van der Waals surface area (Å²) in [4.78, 5) is 121. The van der Waals surface area contributed by atoms with Crippen molar-refractivity contribution >= 4 is 71.9 Å². The predicted molar refractivity (Wildman–Crippen MR) is 135 cm³/mol. The van der Waals surface area contributed by atoms with Gasteiger partial charge in [-0.25, -0.2) is 9.59 Å². The maximum atomic E-state index is 10.3. The number of carbonyl (C=O) groups is 11. The van der Waals surface area contributed by atoms with Gasteiger partial charge in [-0.2, -0.15) is 0 Å². The van der Waals surface area contributed by atoms with E-state index in [0.29, 0.717) is 0 Å². The molecule has 0 saturated carbocycles. The fourth-order valence-corrected chi connectivity index (χ4v) is 2.68. The molecule has 11 N–H and O–H groups in total. The molecule has 58 heavy (non-hydrogen) atoms. The van der Waals surface area contributed by atoms with E-state index in [9.17, 15) is 83.1 Å². The molecule has 0 bridgehead atoms. The van der Waals surface area contributed by atoms with Crippen LogP contribution in [0.5, 0.6) is 0 Å². The third-order valence-electron chi connectivity index (χ3n) is 5.01. The third kappa shape index (κ3) is 42.3. The Kier molecular flexibility index (Phi) is 59.6. The topological polar surface area (TPSA) is 552 Å². The largest absolute Gasteiger partial charge is 1.00 e. The Balaban J connectivity index is -0.0000000543. The second-order valence-electron chi connectivity index (χ2n) is 9.56. The van der Waals surface area contributed by atoms with Crippen molar-refractivity contribution < 1.29 is 317 Å². The fraction of sp³-hybridized carbons (Fsp3) is 0.500. The molecule has 34 heteroatoms. The Morgan fingerprint density at radius 1 is 0.379 bits per heavy atom. The summed E-state index contributed by atoms with van der Waals surface area (Å²) in [5.41, 5.74) is -11.2. The molecule has 28 nitrogen and oxygen atoms in total. The van der Waals surface area contributed by atoms with Gasteiger partial charge in [0.1, 0.15) is 5.60 Å². The Morgan fingerprint density at radius 3 is 0.741 bits per heavy atom. The van der Waals surface area contributed by atoms with Crippen LogP contribution in [0, 0.1) is 0 Å². The maximum Gasteiger partial charge on any atom is 1.00 e. The standard InChI is InChI=1S/3C6H8O7.C6H7O6.6Na.H2O/c3*7-3(8)1-6(13,5(11)12)2-4(9)10;7-2-1-6(12,5(10)11)3-4(8)9;;;;;;;/h3*13H,1-2H2,(H,7,8)(H,9,10)(H,11,12);12H,1,3H2,(H,8,9)(H,10,11);;;;;;;1H2/q;;;-1;6*+1;/p-6. The molecule has 3 unspecified atom stereocenters. The molecule has 3 atom stereocenters. The Morgan fingerprint density at radius 2 is 0.569 bits per heavy atom. The van der Waals surface area contributed by atoms with E-state index in [0.717, 1.165) is 6.29 Å². The van der Waals surface area contributed by atoms with Crippen LogP contribution in [0.4, 0.5) is 0 Å². The normalized spacial score (nSPS) is 12.0. The van der Waals surface area contributed by atoms with Crippen molar-refractivity contribution in [3.8, 4) is 0 Å². The molecule has 0 aliphatic carbocycles. The zero-order valence-electron chi connectivity index (χ0n) is 31.5. The van der Waals surface area contributed by atoms with E-state index >= 15 is 0 Å². The summed E-state index contributed by atoms with van der Waals surface area (Å²) in [6, 6.07) is 0. The first-order valence-electron chi connectivity index (χ1n) is 12.4. The number of aliphatic hydroxyl groups is 4. The van der Waals surface area contributed by atoms with Crippen LogP contribution in [0.2, 0.25) is 0 Å². The van der Waals surface area contributed by atoms with Gasteiger partial charge in [0.25, 0.3) is 0 Å². The van der Waals surface area contributed by atoms with Crippen LogP contribution in [0.1, 0.15) is 51.4 Å². The summed E-state index contributed by atoms with van der Waals surface area (Å²) < 4.78 is 0. The molecule has 0 fully saturated rings. The summed E-state index contributed by atoms with van der Waals surface area (Å²) in [5.74, 6) is -19.8. The number of hydrogen-bond donors (Lipinski definition) is 10. The van der Waals surface area contributed by atoms with Gasteiger partial charge in [0, 0.05) is 37.2 Å². The fourth-order valence-electron chi connectivity index (χ4n) is 2.68. The van der Waals surface area contributed by atoms with Crippen molar-refractivity contribution in [2.45, 2.75) is 73.8 Å². The minimum absolute atomic E-state index is 0. The van der Waals surface area contributed by atoms with Crippen LogP contribution < -0.4 is 203 Å². The van der Waals surface area contributed by atoms with Crippen LogP contribution in [0.25, 0.3) is 0 Å². The monoisotopic (exact) mass is 901 g/mol. The van der Waals surface area contributed by atoms with E-state index in [-0.39, 0.29) is 183 Å². The number of carbonyl (C=O) groups excluding carboxylic acids is 6. The zero-order chi connectivity index (χ0) is 41.7. The number of carboxylic acid groups (broad SMARTS) is 11. The molecule has 0 radical (unpaired) electrons. The molecule has 0 aliphatic rings. The van der Waals surface area contributed by atoms with Gasteiger partial charge in [-0.1, -0.05) is 0 Å². The molecule has 0 aromatic rings. The van der Waals surface area contributed by atoms with Crippen LogP contribution in [0.3, 0.4) is 0 Å². The van der Waals surface area contributed by atoms with E-state index in [1.54, 1.807) is 0 Å². The van der Waals surface area contributed by atoms with Crippen molar-refractivity contribution in [3.63, 3.8) is 0 Å². The van der Waals surface area contributed by atoms with E-state index < -0.39 is 139 Å². The number of aliphatic carboxylic acids is 11. The first kappa shape index (κ1) is 85.0. The maximum absolute atomic E-state index is 10.3. The molecule has 0 aromatic carbocycles. The average molecular weight is 901 g/mol. The molecule has 0 rings (SSSR count). The van der Waals surface area contributed by atoms with Crippen LogP contribution in [-0.4, -0.2) is 151 Å². The van der Waals surface area contributed by atoms with Crippen molar-refractivity contribution in [1.82, 2.24) is 0 Å². The number of carboxylic acids is 11. The molecule has 0 aliphatic heterocycles. The van der Waals surface area contributed by atoms with Gasteiger partial charge >= 0.3 is 213 Å². The van der Waals surface area contributed by atoms with Crippen molar-refractivity contribution in [2.75, 3.05) is 0 Å². The summed E-state index contributed by atoms with van der Waals surface area (Å²) in [5, 5.41) is 135. The van der Waals surface area contributed by atoms with Crippen molar-refractivity contribution in [2.24, 2.45) is 0 Å². The van der Waals surface area contributed by atoms with Gasteiger partial charge in [-0.15, -0.1) is 6.42 Å².